The number of nitrogens with one attached hydrogen (secondary N) is 2. The fourth-order valence-corrected chi connectivity index (χ4v) is 2.91. The van der Waals surface area contributed by atoms with Crippen LogP contribution in [0.3, 0.4) is 0 Å². The third kappa shape index (κ3) is 4.19. The molecule has 4 N–H and O–H groups in total. The van der Waals surface area contributed by atoms with Gasteiger partial charge in [0.15, 0.2) is 0 Å². The summed E-state index contributed by atoms with van der Waals surface area (Å²) in [7, 11) is 0. The summed E-state index contributed by atoms with van der Waals surface area (Å²) in [6, 6.07) is -0.774. The second kappa shape index (κ2) is 5.31. The fraction of sp³-hybridized carbons (Fsp3) is 0.800. The predicted octanol–water partition coefficient (Wildman–Crippen LogP) is 0.452. The van der Waals surface area contributed by atoms with Crippen molar-refractivity contribution in [3.05, 3.63) is 0 Å². The minimum Gasteiger partial charge on any atom is -0.368 e. The van der Waals surface area contributed by atoms with E-state index < -0.39 is 11.9 Å². The van der Waals surface area contributed by atoms with E-state index in [1.165, 1.54) is 0 Å². The molecule has 0 aromatic rings. The highest BCUT2D eigenvalue weighted by Gasteiger charge is 2.52. The first-order valence-electron chi connectivity index (χ1n) is 7.51. The number of carbonyl (C=O) groups excluding carboxylic acids is 3. The average molecular weight is 295 g/mol. The molecule has 118 valence electrons. The first kappa shape index (κ1) is 15.8. The van der Waals surface area contributed by atoms with Crippen LogP contribution in [-0.2, 0) is 14.4 Å². The van der Waals surface area contributed by atoms with Gasteiger partial charge in [-0.15, -0.1) is 0 Å². The number of amides is 3. The van der Waals surface area contributed by atoms with E-state index in [4.69, 9.17) is 5.73 Å². The van der Waals surface area contributed by atoms with Crippen molar-refractivity contribution in [2.24, 2.45) is 17.1 Å². The largest absolute Gasteiger partial charge is 0.368 e. The molecular formula is C15H25N3O3. The highest BCUT2D eigenvalue weighted by molar-refractivity contribution is 5.88. The van der Waals surface area contributed by atoms with E-state index in [2.05, 4.69) is 10.6 Å². The van der Waals surface area contributed by atoms with E-state index >= 15 is 0 Å². The Bertz CT molecular complexity index is 463. The molecule has 2 rings (SSSR count). The van der Waals surface area contributed by atoms with Crippen molar-refractivity contribution < 1.29 is 14.4 Å². The lowest BCUT2D eigenvalue weighted by molar-refractivity contribution is -0.130. The molecule has 0 bridgehead atoms. The lowest BCUT2D eigenvalue weighted by Gasteiger charge is -2.22. The summed E-state index contributed by atoms with van der Waals surface area (Å²) >= 11 is 0. The van der Waals surface area contributed by atoms with Crippen molar-refractivity contribution in [2.75, 3.05) is 0 Å². The predicted molar refractivity (Wildman–Crippen MR) is 78.0 cm³/mol. The third-order valence-electron chi connectivity index (χ3n) is 4.14. The van der Waals surface area contributed by atoms with Crippen molar-refractivity contribution >= 4 is 17.7 Å². The van der Waals surface area contributed by atoms with E-state index in [9.17, 15) is 14.4 Å². The van der Waals surface area contributed by atoms with Gasteiger partial charge in [0, 0.05) is 17.9 Å². The molecule has 2 aliphatic rings. The van der Waals surface area contributed by atoms with Crippen LogP contribution in [0.25, 0.3) is 0 Å². The summed E-state index contributed by atoms with van der Waals surface area (Å²) in [5.41, 5.74) is 5.18. The quantitative estimate of drug-likeness (QED) is 0.686. The highest BCUT2D eigenvalue weighted by Crippen LogP contribution is 2.46. The van der Waals surface area contributed by atoms with E-state index in [0.29, 0.717) is 12.8 Å². The van der Waals surface area contributed by atoms with E-state index in [1.807, 2.05) is 20.8 Å². The van der Waals surface area contributed by atoms with Crippen LogP contribution in [-0.4, -0.2) is 29.3 Å². The van der Waals surface area contributed by atoms with E-state index in [1.54, 1.807) is 0 Å². The molecule has 2 atom stereocenters. The maximum absolute atomic E-state index is 11.9. The number of hydrogen-bond donors (Lipinski definition) is 3. The monoisotopic (exact) mass is 295 g/mol. The number of hydrogen-bond acceptors (Lipinski definition) is 3. The van der Waals surface area contributed by atoms with Crippen LogP contribution < -0.4 is 16.4 Å². The number of rotatable bonds is 5. The van der Waals surface area contributed by atoms with Crippen LogP contribution in [0.1, 0.15) is 52.9 Å². The van der Waals surface area contributed by atoms with Gasteiger partial charge in [-0.05, 0) is 31.1 Å². The topological polar surface area (TPSA) is 101 Å². The minimum atomic E-state index is -0.774. The summed E-state index contributed by atoms with van der Waals surface area (Å²) in [6.45, 7) is 5.85. The first-order chi connectivity index (χ1) is 9.60. The van der Waals surface area contributed by atoms with Crippen LogP contribution in [0.15, 0.2) is 0 Å². The van der Waals surface area contributed by atoms with Crippen LogP contribution in [0, 0.1) is 11.3 Å². The molecule has 1 saturated carbocycles. The summed E-state index contributed by atoms with van der Waals surface area (Å²) in [5, 5.41) is 5.66. The average Bonchev–Trinajstić information content (AvgIpc) is 2.95. The zero-order chi connectivity index (χ0) is 15.8. The molecule has 0 radical (unpaired) electrons. The van der Waals surface area contributed by atoms with Crippen LogP contribution in [0.5, 0.6) is 0 Å². The normalized spacial score (nSPS) is 24.5. The molecule has 21 heavy (non-hydrogen) atoms. The van der Waals surface area contributed by atoms with Crippen molar-refractivity contribution in [3.63, 3.8) is 0 Å². The molecule has 0 unspecified atom stereocenters. The van der Waals surface area contributed by atoms with Gasteiger partial charge in [0.2, 0.25) is 17.7 Å². The zero-order valence-electron chi connectivity index (χ0n) is 13.0. The Balaban J connectivity index is 1.92. The van der Waals surface area contributed by atoms with Gasteiger partial charge in [-0.25, -0.2) is 0 Å². The second-order valence-corrected chi connectivity index (χ2v) is 7.67. The van der Waals surface area contributed by atoms with Crippen molar-refractivity contribution in [1.82, 2.24) is 10.6 Å². The highest BCUT2D eigenvalue weighted by atomic mass is 16.2. The van der Waals surface area contributed by atoms with Gasteiger partial charge < -0.3 is 16.4 Å². The van der Waals surface area contributed by atoms with Gasteiger partial charge in [-0.1, -0.05) is 20.8 Å². The number of primary amides is 1. The molecule has 1 aliphatic heterocycles. The lowest BCUT2D eigenvalue weighted by Crippen LogP contribution is -2.46. The van der Waals surface area contributed by atoms with Gasteiger partial charge >= 0.3 is 0 Å². The smallest absolute Gasteiger partial charge is 0.240 e. The van der Waals surface area contributed by atoms with Crippen LogP contribution >= 0.6 is 0 Å². The molecule has 1 saturated heterocycles. The number of nitrogens with two attached hydrogens (primary N) is 1. The van der Waals surface area contributed by atoms with Gasteiger partial charge in [-0.3, -0.25) is 14.4 Å². The molecule has 1 aliphatic carbocycles. The molecule has 1 heterocycles. The maximum Gasteiger partial charge on any atom is 0.240 e. The summed E-state index contributed by atoms with van der Waals surface area (Å²) in [5.74, 6) is -1.04. The molecule has 0 aromatic heterocycles. The second-order valence-electron chi connectivity index (χ2n) is 7.67. The third-order valence-corrected chi connectivity index (χ3v) is 4.14. The summed E-state index contributed by atoms with van der Waals surface area (Å²) in [4.78, 5) is 35.4. The summed E-state index contributed by atoms with van der Waals surface area (Å²) < 4.78 is 0. The SMILES string of the molecule is CC(C)(C)CC(=O)N[C@@H](C[C@@H]1CC2(CC2)NC1=O)C(N)=O. The van der Waals surface area contributed by atoms with Gasteiger partial charge in [0.05, 0.1) is 0 Å². The Hall–Kier alpha value is -1.59. The van der Waals surface area contributed by atoms with Gasteiger partial charge in [-0.2, -0.15) is 0 Å². The fourth-order valence-electron chi connectivity index (χ4n) is 2.91. The molecule has 0 aromatic carbocycles. The number of carbonyl (C=O) groups is 3. The van der Waals surface area contributed by atoms with Crippen molar-refractivity contribution in [1.29, 1.82) is 0 Å². The Kier molecular flexibility index (Phi) is 4.00. The Morgan fingerprint density at radius 2 is 2.05 bits per heavy atom. The molecule has 1 spiro atoms. The lowest BCUT2D eigenvalue weighted by atomic mass is 9.91. The summed E-state index contributed by atoms with van der Waals surface area (Å²) in [6.07, 6.45) is 3.36. The van der Waals surface area contributed by atoms with E-state index in [-0.39, 0.29) is 28.7 Å². The Labute approximate surface area is 125 Å². The Morgan fingerprint density at radius 1 is 1.43 bits per heavy atom. The zero-order valence-corrected chi connectivity index (χ0v) is 13.0. The van der Waals surface area contributed by atoms with Gasteiger partial charge in [0.25, 0.3) is 0 Å². The van der Waals surface area contributed by atoms with Crippen molar-refractivity contribution in [2.45, 2.75) is 64.5 Å². The van der Waals surface area contributed by atoms with Crippen LogP contribution in [0.2, 0.25) is 0 Å². The molecule has 2 fully saturated rings. The van der Waals surface area contributed by atoms with Gasteiger partial charge in [0.1, 0.15) is 6.04 Å². The maximum atomic E-state index is 11.9. The molecule has 6 nitrogen and oxygen atoms in total. The van der Waals surface area contributed by atoms with Crippen molar-refractivity contribution in [3.8, 4) is 0 Å². The molecule has 6 heteroatoms. The first-order valence-corrected chi connectivity index (χ1v) is 7.51. The van der Waals surface area contributed by atoms with E-state index in [0.717, 1.165) is 19.3 Å². The standard InChI is InChI=1S/C15H25N3O3/c1-14(2,3)8-11(19)17-10(12(16)20)6-9-7-15(4-5-15)18-13(9)21/h9-10H,4-8H2,1-3H3,(H2,16,20)(H,17,19)(H,18,21)/t9-,10+/m1/s1. The minimum absolute atomic E-state index is 0.0242. The molecular weight excluding hydrogens is 270 g/mol. The Morgan fingerprint density at radius 3 is 2.48 bits per heavy atom. The van der Waals surface area contributed by atoms with Crippen LogP contribution in [0.4, 0.5) is 0 Å². The molecule has 3 amide bonds.